The second-order valence-electron chi connectivity index (χ2n) is 19.1. The number of ether oxygens (including phenoxy) is 4. The number of likely N-dealkylation sites (tertiary alicyclic amines) is 2. The Kier molecular flexibility index (Phi) is 16.2. The van der Waals surface area contributed by atoms with Crippen LogP contribution in [-0.2, 0) is 38.2 Å². The molecule has 68 heavy (non-hydrogen) atoms. The minimum absolute atomic E-state index is 0.101. The summed E-state index contributed by atoms with van der Waals surface area (Å²) in [6.45, 7) is 7.09. The van der Waals surface area contributed by atoms with Crippen LogP contribution in [0, 0.1) is 11.8 Å². The number of benzene rings is 2. The van der Waals surface area contributed by atoms with Crippen LogP contribution in [0.25, 0.3) is 11.1 Å². The molecule has 0 saturated carbocycles. The number of likely N-dealkylation sites (N-methyl/N-ethyl adjacent to an activating group) is 2. The third-order valence-corrected chi connectivity index (χ3v) is 15.0. The normalized spacial score (nSPS) is 24.8. The quantitative estimate of drug-likeness (QED) is 0.152. The van der Waals surface area contributed by atoms with E-state index >= 15 is 0 Å². The minimum Gasteiger partial charge on any atom is -0.492 e. The summed E-state index contributed by atoms with van der Waals surface area (Å²) in [5, 5.41) is 18.5. The molecule has 0 aromatic heterocycles. The number of para-hydroxylation sites is 2. The molecule has 0 spiro atoms. The van der Waals surface area contributed by atoms with Crippen LogP contribution in [-0.4, -0.2) is 148 Å². The van der Waals surface area contributed by atoms with Gasteiger partial charge in [0.15, 0.2) is 0 Å². The van der Waals surface area contributed by atoms with E-state index in [4.69, 9.17) is 18.9 Å². The maximum absolute atomic E-state index is 14.3. The smallest absolute Gasteiger partial charge is 0.246 e. The van der Waals surface area contributed by atoms with Crippen LogP contribution in [0.3, 0.4) is 0 Å². The first kappa shape index (κ1) is 49.1. The lowest BCUT2D eigenvalue weighted by atomic mass is 9.90. The van der Waals surface area contributed by atoms with E-state index in [1.54, 1.807) is 37.7 Å². The average molecular weight is 943 g/mol. The van der Waals surface area contributed by atoms with Crippen molar-refractivity contribution in [3.05, 3.63) is 47.5 Å². The van der Waals surface area contributed by atoms with Gasteiger partial charge in [-0.25, -0.2) is 0 Å². The lowest BCUT2D eigenvalue weighted by Gasteiger charge is -2.36. The molecule has 18 heteroatoms. The number of hydrogen-bond acceptors (Lipinski definition) is 12. The van der Waals surface area contributed by atoms with Crippen molar-refractivity contribution in [3.63, 3.8) is 0 Å². The second kappa shape index (κ2) is 22.4. The number of amides is 6. The van der Waals surface area contributed by atoms with Gasteiger partial charge in [-0.05, 0) is 91.1 Å². The van der Waals surface area contributed by atoms with Crippen molar-refractivity contribution in [3.8, 4) is 22.6 Å². The predicted octanol–water partition coefficient (Wildman–Crippen LogP) is 2.25. The van der Waals surface area contributed by atoms with Crippen LogP contribution in [0.1, 0.15) is 101 Å². The van der Waals surface area contributed by atoms with Crippen molar-refractivity contribution in [1.82, 2.24) is 41.7 Å². The molecule has 6 amide bonds. The van der Waals surface area contributed by atoms with E-state index in [-0.39, 0.29) is 59.4 Å². The minimum atomic E-state index is -0.761. The molecule has 8 atom stereocenters. The third kappa shape index (κ3) is 10.6. The van der Waals surface area contributed by atoms with Crippen molar-refractivity contribution in [2.45, 2.75) is 126 Å². The summed E-state index contributed by atoms with van der Waals surface area (Å²) >= 11 is 0. The number of nitrogens with one attached hydrogen (secondary N) is 6. The third-order valence-electron chi connectivity index (χ3n) is 15.0. The summed E-state index contributed by atoms with van der Waals surface area (Å²) in [6, 6.07) is 7.07. The van der Waals surface area contributed by atoms with E-state index in [2.05, 4.69) is 31.9 Å². The van der Waals surface area contributed by atoms with E-state index in [1.165, 1.54) is 0 Å². The lowest BCUT2D eigenvalue weighted by molar-refractivity contribution is -0.144. The molecular weight excluding hydrogens is 873 g/mol. The SMILES string of the molecule is CN[C@@H](C)C(=O)N[C@H](C(=O)N1CCC[C@H]1C(=O)N[C@@H]1CCOc2c(-c3cccc4c3OCC[C@H]4NC(=O)[C@@H]3CCCN3C(=O)[C@@H](NC(=O)[C@H](C)NC)C3CCOCC3)cccc21)C1CCOCC1. The van der Waals surface area contributed by atoms with Crippen LogP contribution in [0.2, 0.25) is 0 Å². The van der Waals surface area contributed by atoms with Gasteiger partial charge in [0.2, 0.25) is 35.4 Å². The van der Waals surface area contributed by atoms with Gasteiger partial charge in [-0.1, -0.05) is 36.4 Å². The maximum Gasteiger partial charge on any atom is 0.246 e. The van der Waals surface area contributed by atoms with E-state index in [0.29, 0.717) is 128 Å². The van der Waals surface area contributed by atoms with Gasteiger partial charge >= 0.3 is 0 Å². The number of nitrogens with zero attached hydrogens (tertiary/aromatic N) is 2. The molecule has 0 radical (unpaired) electrons. The zero-order valence-corrected chi connectivity index (χ0v) is 39.9. The highest BCUT2D eigenvalue weighted by molar-refractivity contribution is 5.95. The summed E-state index contributed by atoms with van der Waals surface area (Å²) in [6.07, 6.45) is 5.99. The molecule has 2 aromatic carbocycles. The Morgan fingerprint density at radius 1 is 0.544 bits per heavy atom. The molecule has 0 unspecified atom stereocenters. The van der Waals surface area contributed by atoms with E-state index in [9.17, 15) is 28.8 Å². The van der Waals surface area contributed by atoms with Crippen LogP contribution in [0.5, 0.6) is 11.5 Å². The van der Waals surface area contributed by atoms with Gasteiger partial charge in [0, 0.05) is 74.6 Å². The Balaban J connectivity index is 0.970. The molecule has 6 heterocycles. The first-order valence-corrected chi connectivity index (χ1v) is 24.8. The highest BCUT2D eigenvalue weighted by atomic mass is 16.5. The summed E-state index contributed by atoms with van der Waals surface area (Å²) in [5.74, 6) is -0.433. The largest absolute Gasteiger partial charge is 0.492 e. The fourth-order valence-corrected chi connectivity index (χ4v) is 10.8. The maximum atomic E-state index is 14.3. The Hall–Kier alpha value is -5.30. The Bertz CT molecular complexity index is 2010. The van der Waals surface area contributed by atoms with Crippen molar-refractivity contribution >= 4 is 35.4 Å². The van der Waals surface area contributed by atoms with Crippen LogP contribution >= 0.6 is 0 Å². The molecule has 6 aliphatic rings. The molecule has 4 saturated heterocycles. The fourth-order valence-electron chi connectivity index (χ4n) is 10.8. The summed E-state index contributed by atoms with van der Waals surface area (Å²) in [5.41, 5.74) is 3.20. The van der Waals surface area contributed by atoms with Crippen molar-refractivity contribution in [2.75, 3.05) is 66.8 Å². The number of fused-ring (bicyclic) bond motifs is 2. The summed E-state index contributed by atoms with van der Waals surface area (Å²) in [7, 11) is 3.40. The molecule has 8 rings (SSSR count). The monoisotopic (exact) mass is 943 g/mol. The highest BCUT2D eigenvalue weighted by Gasteiger charge is 2.44. The van der Waals surface area contributed by atoms with Crippen molar-refractivity contribution < 1.29 is 47.7 Å². The molecule has 18 nitrogen and oxygen atoms in total. The Morgan fingerprint density at radius 3 is 1.32 bits per heavy atom. The van der Waals surface area contributed by atoms with Crippen LogP contribution in [0.15, 0.2) is 36.4 Å². The van der Waals surface area contributed by atoms with Crippen LogP contribution < -0.4 is 41.4 Å². The van der Waals surface area contributed by atoms with Gasteiger partial charge in [0.25, 0.3) is 0 Å². The zero-order valence-electron chi connectivity index (χ0n) is 39.9. The molecular formula is C50H70N8O10. The zero-order chi connectivity index (χ0) is 47.9. The predicted molar refractivity (Wildman–Crippen MR) is 251 cm³/mol. The second-order valence-corrected chi connectivity index (χ2v) is 19.1. The van der Waals surface area contributed by atoms with Gasteiger partial charge in [-0.15, -0.1) is 0 Å². The highest BCUT2D eigenvalue weighted by Crippen LogP contribution is 2.47. The van der Waals surface area contributed by atoms with E-state index in [0.717, 1.165) is 22.3 Å². The molecule has 0 aliphatic carbocycles. The summed E-state index contributed by atoms with van der Waals surface area (Å²) < 4.78 is 23.9. The molecule has 370 valence electrons. The van der Waals surface area contributed by atoms with Gasteiger partial charge in [-0.2, -0.15) is 0 Å². The topological polar surface area (TPSA) is 218 Å². The average Bonchev–Trinajstić information content (AvgIpc) is 4.08. The number of carbonyl (C=O) groups excluding carboxylic acids is 6. The molecule has 0 bridgehead atoms. The van der Waals surface area contributed by atoms with Gasteiger partial charge < -0.3 is 60.6 Å². The van der Waals surface area contributed by atoms with Crippen molar-refractivity contribution in [2.24, 2.45) is 11.8 Å². The molecule has 6 N–H and O–H groups in total. The van der Waals surface area contributed by atoms with Crippen molar-refractivity contribution in [1.29, 1.82) is 0 Å². The number of carbonyl (C=O) groups is 6. The van der Waals surface area contributed by atoms with E-state index < -0.39 is 36.3 Å². The van der Waals surface area contributed by atoms with Gasteiger partial charge in [0.05, 0.1) is 37.4 Å². The van der Waals surface area contributed by atoms with Gasteiger partial charge in [0.1, 0.15) is 35.7 Å². The molecule has 6 aliphatic heterocycles. The number of hydrogen-bond donors (Lipinski definition) is 6. The molecule has 4 fully saturated rings. The molecule has 2 aromatic rings. The number of rotatable bonds is 15. The standard InChI is InChI=1S/C50H70N8O10/c1-29(51-3)45(59)55-41(31-15-23-65-24-16-31)49(63)57-21-7-13-39(57)47(61)53-37-19-27-67-43-33(9-5-11-35(37)43)34-10-6-12-36-38(20-28-68-44(34)36)54-48(62)40-14-8-22-58(40)50(64)42(32-17-25-66-26-18-32)56-46(60)30(2)52-4/h5-6,9-12,29-32,37-42,51-52H,7-8,13-28H2,1-4H3,(H,53,61)(H,54,62)(H,55,59)(H,56,60)/t29-,30-,37+,38+,39-,40-,41-,42-/m0/s1. The lowest BCUT2D eigenvalue weighted by Crippen LogP contribution is -2.58. The summed E-state index contributed by atoms with van der Waals surface area (Å²) in [4.78, 5) is 86.6. The fraction of sp³-hybridized carbons (Fsp3) is 0.640. The van der Waals surface area contributed by atoms with E-state index in [1.807, 2.05) is 36.4 Å². The van der Waals surface area contributed by atoms with Crippen LogP contribution in [0.4, 0.5) is 0 Å². The Labute approximate surface area is 399 Å². The first-order chi connectivity index (χ1) is 33.0. The van der Waals surface area contributed by atoms with Gasteiger partial charge in [-0.3, -0.25) is 28.8 Å². The Morgan fingerprint density at radius 2 is 0.941 bits per heavy atom. The first-order valence-electron chi connectivity index (χ1n) is 24.8.